The fourth-order valence-electron chi connectivity index (χ4n) is 4.89. The quantitative estimate of drug-likeness (QED) is 0.611. The molecule has 3 aromatic rings. The van der Waals surface area contributed by atoms with Crippen molar-refractivity contribution in [3.05, 3.63) is 76.8 Å². The van der Waals surface area contributed by atoms with E-state index in [1.165, 1.54) is 11.1 Å². The van der Waals surface area contributed by atoms with Gasteiger partial charge in [0.15, 0.2) is 0 Å². The zero-order chi connectivity index (χ0) is 22.8. The Hall–Kier alpha value is -3.35. The first-order chi connectivity index (χ1) is 16.1. The van der Waals surface area contributed by atoms with Crippen LogP contribution in [0.4, 0.5) is 5.82 Å². The summed E-state index contributed by atoms with van der Waals surface area (Å²) in [4.78, 5) is 35.8. The summed E-state index contributed by atoms with van der Waals surface area (Å²) in [6.07, 6.45) is 7.28. The van der Waals surface area contributed by atoms with E-state index in [-0.39, 0.29) is 11.8 Å². The van der Waals surface area contributed by atoms with E-state index in [1.807, 2.05) is 11.8 Å². The number of carbonyl (C=O) groups is 1. The second-order valence-corrected chi connectivity index (χ2v) is 9.11. The van der Waals surface area contributed by atoms with Crippen LogP contribution in [0.15, 0.2) is 42.7 Å². The molecule has 4 heterocycles. The van der Waals surface area contributed by atoms with Crippen LogP contribution < -0.4 is 4.90 Å². The number of nitrogens with zero attached hydrogens (tertiary/aromatic N) is 6. The first-order valence-corrected chi connectivity index (χ1v) is 11.8. The predicted octanol–water partition coefficient (Wildman–Crippen LogP) is 3.86. The monoisotopic (exact) mass is 442 g/mol. The number of likely N-dealkylation sites (tertiary alicyclic amines) is 1. The van der Waals surface area contributed by atoms with Crippen molar-refractivity contribution < 1.29 is 4.79 Å². The van der Waals surface area contributed by atoms with Crippen LogP contribution in [0, 0.1) is 13.8 Å². The lowest BCUT2D eigenvalue weighted by atomic mass is 9.95. The summed E-state index contributed by atoms with van der Waals surface area (Å²) in [7, 11) is 0. The summed E-state index contributed by atoms with van der Waals surface area (Å²) in [6, 6.07) is 10.6. The van der Waals surface area contributed by atoms with Crippen molar-refractivity contribution in [2.75, 3.05) is 24.5 Å². The van der Waals surface area contributed by atoms with Crippen molar-refractivity contribution in [2.45, 2.75) is 52.0 Å². The summed E-state index contributed by atoms with van der Waals surface area (Å²) in [5.41, 5.74) is 4.83. The van der Waals surface area contributed by atoms with Crippen LogP contribution in [0.5, 0.6) is 0 Å². The topological polar surface area (TPSA) is 75.1 Å². The van der Waals surface area contributed by atoms with Crippen LogP contribution >= 0.6 is 0 Å². The summed E-state index contributed by atoms with van der Waals surface area (Å²) in [5.74, 6) is 2.00. The Labute approximate surface area is 194 Å². The molecule has 2 aliphatic rings. The number of rotatable bonds is 4. The van der Waals surface area contributed by atoms with Gasteiger partial charge in [-0.3, -0.25) is 9.78 Å². The van der Waals surface area contributed by atoms with E-state index in [1.54, 1.807) is 12.4 Å². The van der Waals surface area contributed by atoms with E-state index in [0.717, 1.165) is 68.3 Å². The number of carbonyl (C=O) groups excluding carboxylic acids is 1. The van der Waals surface area contributed by atoms with Gasteiger partial charge in [-0.25, -0.2) is 15.0 Å². The van der Waals surface area contributed by atoms with Gasteiger partial charge in [-0.05, 0) is 45.1 Å². The number of piperidine rings is 1. The van der Waals surface area contributed by atoms with Gasteiger partial charge in [-0.2, -0.15) is 0 Å². The molecule has 1 saturated heterocycles. The summed E-state index contributed by atoms with van der Waals surface area (Å²) in [5, 5.41) is 0. The Morgan fingerprint density at radius 1 is 1.03 bits per heavy atom. The van der Waals surface area contributed by atoms with Crippen LogP contribution in [0.3, 0.4) is 0 Å². The number of benzene rings is 1. The van der Waals surface area contributed by atoms with E-state index in [2.05, 4.69) is 52.1 Å². The molecule has 1 amide bonds. The molecule has 0 bridgehead atoms. The molecule has 0 radical (unpaired) electrons. The van der Waals surface area contributed by atoms with Crippen LogP contribution in [-0.4, -0.2) is 50.4 Å². The molecule has 33 heavy (non-hydrogen) atoms. The predicted molar refractivity (Wildman–Crippen MR) is 127 cm³/mol. The van der Waals surface area contributed by atoms with Crippen LogP contribution in [0.25, 0.3) is 0 Å². The lowest BCUT2D eigenvalue weighted by molar-refractivity contribution is 0.0698. The normalized spacial score (nSPS) is 18.2. The molecule has 0 saturated carbocycles. The molecule has 0 N–H and O–H groups in total. The molecule has 2 aliphatic heterocycles. The highest BCUT2D eigenvalue weighted by Gasteiger charge is 2.30. The third-order valence-electron chi connectivity index (χ3n) is 6.65. The molecular formula is C26H30N6O. The average Bonchev–Trinajstić information content (AvgIpc) is 2.85. The first kappa shape index (κ1) is 21.5. The van der Waals surface area contributed by atoms with E-state index in [9.17, 15) is 4.79 Å². The summed E-state index contributed by atoms with van der Waals surface area (Å²) >= 11 is 0. The van der Waals surface area contributed by atoms with E-state index >= 15 is 0 Å². The highest BCUT2D eigenvalue weighted by molar-refractivity contribution is 5.92. The SMILES string of the molecule is Cc1cnc(C(=O)N2CCC[C@H](c3nc(C)c4c(n3)N(Cc3ccccc3)CCC4)C2)cn1. The number of aryl methyl sites for hydroxylation is 2. The van der Waals surface area contributed by atoms with Crippen molar-refractivity contribution in [3.8, 4) is 0 Å². The molecule has 170 valence electrons. The van der Waals surface area contributed by atoms with Crippen LogP contribution in [-0.2, 0) is 13.0 Å². The molecular weight excluding hydrogens is 412 g/mol. The third-order valence-corrected chi connectivity index (χ3v) is 6.65. The molecule has 0 unspecified atom stereocenters. The zero-order valence-electron chi connectivity index (χ0n) is 19.4. The Bertz CT molecular complexity index is 1130. The van der Waals surface area contributed by atoms with Gasteiger partial charge in [-0.1, -0.05) is 30.3 Å². The molecule has 5 rings (SSSR count). The summed E-state index contributed by atoms with van der Waals surface area (Å²) in [6.45, 7) is 7.17. The fourth-order valence-corrected chi connectivity index (χ4v) is 4.89. The van der Waals surface area contributed by atoms with E-state index in [4.69, 9.17) is 9.97 Å². The Kier molecular flexibility index (Phi) is 6.03. The number of hydrogen-bond acceptors (Lipinski definition) is 6. The van der Waals surface area contributed by atoms with Crippen molar-refractivity contribution in [3.63, 3.8) is 0 Å². The van der Waals surface area contributed by atoms with Crippen molar-refractivity contribution in [2.24, 2.45) is 0 Å². The number of amides is 1. The molecule has 7 heteroatoms. The van der Waals surface area contributed by atoms with E-state index < -0.39 is 0 Å². The maximum absolute atomic E-state index is 13.0. The Morgan fingerprint density at radius 3 is 2.67 bits per heavy atom. The van der Waals surface area contributed by atoms with Gasteiger partial charge in [-0.15, -0.1) is 0 Å². The first-order valence-electron chi connectivity index (χ1n) is 11.8. The summed E-state index contributed by atoms with van der Waals surface area (Å²) < 4.78 is 0. The molecule has 1 aromatic carbocycles. The van der Waals surface area contributed by atoms with Gasteiger partial charge in [0, 0.05) is 49.6 Å². The number of aromatic nitrogens is 4. The Balaban J connectivity index is 1.39. The van der Waals surface area contributed by atoms with Crippen molar-refractivity contribution >= 4 is 11.7 Å². The molecule has 2 aromatic heterocycles. The van der Waals surface area contributed by atoms with Crippen LogP contribution in [0.1, 0.15) is 64.0 Å². The maximum atomic E-state index is 13.0. The van der Waals surface area contributed by atoms with Gasteiger partial charge < -0.3 is 9.80 Å². The molecule has 0 spiro atoms. The number of fused-ring (bicyclic) bond motifs is 1. The minimum Gasteiger partial charge on any atom is -0.352 e. The van der Waals surface area contributed by atoms with Crippen LogP contribution in [0.2, 0.25) is 0 Å². The minimum atomic E-state index is -0.0624. The third kappa shape index (κ3) is 4.58. The molecule has 1 fully saturated rings. The van der Waals surface area contributed by atoms with Crippen molar-refractivity contribution in [1.29, 1.82) is 0 Å². The Morgan fingerprint density at radius 2 is 1.88 bits per heavy atom. The number of hydrogen-bond donors (Lipinski definition) is 0. The minimum absolute atomic E-state index is 0.0624. The standard InChI is InChI=1S/C26H30N6O/c1-18-14-28-23(15-27-18)26(33)32-13-6-10-21(17-32)24-29-19(2)22-11-7-12-31(25(22)30-24)16-20-8-4-3-5-9-20/h3-5,8-9,14-15,21H,6-7,10-13,16-17H2,1-2H3/t21-/m0/s1. The van der Waals surface area contributed by atoms with Gasteiger partial charge in [0.2, 0.25) is 0 Å². The van der Waals surface area contributed by atoms with Gasteiger partial charge in [0.05, 0.1) is 11.9 Å². The van der Waals surface area contributed by atoms with Gasteiger partial charge in [0.1, 0.15) is 17.3 Å². The maximum Gasteiger partial charge on any atom is 0.274 e. The molecule has 7 nitrogen and oxygen atoms in total. The van der Waals surface area contributed by atoms with Gasteiger partial charge >= 0.3 is 0 Å². The highest BCUT2D eigenvalue weighted by Crippen LogP contribution is 2.32. The van der Waals surface area contributed by atoms with Crippen molar-refractivity contribution in [1.82, 2.24) is 24.8 Å². The molecule has 0 aliphatic carbocycles. The second-order valence-electron chi connectivity index (χ2n) is 9.11. The van der Waals surface area contributed by atoms with E-state index in [0.29, 0.717) is 12.2 Å². The highest BCUT2D eigenvalue weighted by atomic mass is 16.2. The second kappa shape index (κ2) is 9.25. The number of anilines is 1. The fraction of sp³-hybridized carbons (Fsp3) is 0.423. The average molecular weight is 443 g/mol. The lowest BCUT2D eigenvalue weighted by Crippen LogP contribution is -2.40. The lowest BCUT2D eigenvalue weighted by Gasteiger charge is -2.34. The molecule has 1 atom stereocenters. The smallest absolute Gasteiger partial charge is 0.274 e. The van der Waals surface area contributed by atoms with Gasteiger partial charge in [0.25, 0.3) is 5.91 Å². The zero-order valence-corrected chi connectivity index (χ0v) is 19.4. The largest absolute Gasteiger partial charge is 0.352 e.